The molecule has 14 heavy (non-hydrogen) atoms. The summed E-state index contributed by atoms with van der Waals surface area (Å²) in [7, 11) is 2.26. The maximum absolute atomic E-state index is 2.38. The molecule has 0 heterocycles. The van der Waals surface area contributed by atoms with Crippen molar-refractivity contribution < 1.29 is 0 Å². The van der Waals surface area contributed by atoms with Crippen LogP contribution in [0.25, 0.3) is 0 Å². The molecular weight excluding hydrogens is 169 g/mol. The zero-order valence-electron chi connectivity index (χ0n) is 11.6. The molecule has 0 aliphatic carbocycles. The standard InChI is InChI=1S/C6H15B.C6H15N/c1-5(2)6(3,4)7;1-4-7(5-2)6-3/h5H,7H2,1-4H3;4-6H2,1-3H3. The van der Waals surface area contributed by atoms with Crippen LogP contribution in [0.5, 0.6) is 0 Å². The van der Waals surface area contributed by atoms with Gasteiger partial charge in [-0.1, -0.05) is 53.8 Å². The van der Waals surface area contributed by atoms with E-state index in [1.54, 1.807) is 0 Å². The van der Waals surface area contributed by atoms with Crippen molar-refractivity contribution in [3.63, 3.8) is 0 Å². The second-order valence-corrected chi connectivity index (χ2v) is 5.14. The van der Waals surface area contributed by atoms with Crippen LogP contribution in [-0.2, 0) is 0 Å². The van der Waals surface area contributed by atoms with Crippen LogP contribution < -0.4 is 0 Å². The van der Waals surface area contributed by atoms with E-state index in [-0.39, 0.29) is 0 Å². The Labute approximate surface area is 92.7 Å². The topological polar surface area (TPSA) is 3.24 Å². The van der Waals surface area contributed by atoms with Gasteiger partial charge in [-0.15, -0.1) is 0 Å². The molecule has 0 bridgehead atoms. The first-order valence-electron chi connectivity index (χ1n) is 6.01. The molecule has 0 aromatic rings. The first kappa shape index (κ1) is 16.5. The van der Waals surface area contributed by atoms with Crippen LogP contribution >= 0.6 is 0 Å². The minimum Gasteiger partial charge on any atom is -0.304 e. The van der Waals surface area contributed by atoms with Gasteiger partial charge in [-0.05, 0) is 25.6 Å². The molecule has 0 saturated carbocycles. The fraction of sp³-hybridized carbons (Fsp3) is 1.00. The highest BCUT2D eigenvalue weighted by Gasteiger charge is 2.13. The van der Waals surface area contributed by atoms with Crippen LogP contribution in [0.1, 0.15) is 48.5 Å². The smallest absolute Gasteiger partial charge is 0.109 e. The summed E-state index contributed by atoms with van der Waals surface area (Å²) < 4.78 is 0. The Morgan fingerprint density at radius 1 is 1.00 bits per heavy atom. The lowest BCUT2D eigenvalue weighted by Crippen LogP contribution is -2.21. The van der Waals surface area contributed by atoms with Crippen molar-refractivity contribution in [1.29, 1.82) is 0 Å². The predicted molar refractivity (Wildman–Crippen MR) is 70.9 cm³/mol. The van der Waals surface area contributed by atoms with Crippen molar-refractivity contribution in [3.05, 3.63) is 0 Å². The molecule has 0 fully saturated rings. The maximum Gasteiger partial charge on any atom is 0.109 e. The fourth-order valence-corrected chi connectivity index (χ4v) is 0.671. The molecular formula is C12H30BN. The van der Waals surface area contributed by atoms with Crippen LogP contribution in [0.2, 0.25) is 5.31 Å². The van der Waals surface area contributed by atoms with E-state index >= 15 is 0 Å². The highest BCUT2D eigenvalue weighted by Crippen LogP contribution is 2.28. The Morgan fingerprint density at radius 3 is 1.21 bits per heavy atom. The largest absolute Gasteiger partial charge is 0.304 e. The average Bonchev–Trinajstić information content (AvgIpc) is 2.07. The second kappa shape index (κ2) is 8.34. The monoisotopic (exact) mass is 199 g/mol. The van der Waals surface area contributed by atoms with Crippen LogP contribution in [0.15, 0.2) is 0 Å². The van der Waals surface area contributed by atoms with Gasteiger partial charge in [0, 0.05) is 0 Å². The summed E-state index contributed by atoms with van der Waals surface area (Å²) in [4.78, 5) is 2.38. The molecule has 1 nitrogen and oxygen atoms in total. The highest BCUT2D eigenvalue weighted by molar-refractivity contribution is 6.14. The van der Waals surface area contributed by atoms with Gasteiger partial charge in [0.15, 0.2) is 0 Å². The molecule has 0 saturated heterocycles. The van der Waals surface area contributed by atoms with E-state index in [1.807, 2.05) is 0 Å². The van der Waals surface area contributed by atoms with E-state index < -0.39 is 0 Å². The van der Waals surface area contributed by atoms with Gasteiger partial charge in [0.1, 0.15) is 7.85 Å². The van der Waals surface area contributed by atoms with Crippen LogP contribution in [0.3, 0.4) is 0 Å². The Kier molecular flexibility index (Phi) is 9.81. The molecule has 0 radical (unpaired) electrons. The van der Waals surface area contributed by atoms with Gasteiger partial charge in [0.05, 0.1) is 0 Å². The molecule has 86 valence electrons. The first-order valence-corrected chi connectivity index (χ1v) is 6.01. The molecule has 0 rings (SSSR count). The van der Waals surface area contributed by atoms with Gasteiger partial charge in [0.25, 0.3) is 0 Å². The van der Waals surface area contributed by atoms with Gasteiger partial charge in [-0.2, -0.15) is 0 Å². The summed E-state index contributed by atoms with van der Waals surface area (Å²) in [5.41, 5.74) is 0. The van der Waals surface area contributed by atoms with Crippen molar-refractivity contribution >= 4 is 7.85 Å². The van der Waals surface area contributed by atoms with Gasteiger partial charge < -0.3 is 4.90 Å². The molecule has 0 spiro atoms. The number of rotatable bonds is 4. The van der Waals surface area contributed by atoms with E-state index in [4.69, 9.17) is 0 Å². The fourth-order valence-electron chi connectivity index (χ4n) is 0.671. The normalized spacial score (nSPS) is 11.5. The Balaban J connectivity index is 0. The third kappa shape index (κ3) is 10.1. The van der Waals surface area contributed by atoms with E-state index in [0.29, 0.717) is 5.31 Å². The lowest BCUT2D eigenvalue weighted by atomic mass is 9.65. The summed E-state index contributed by atoms with van der Waals surface area (Å²) in [6.07, 6.45) is 0. The maximum atomic E-state index is 2.38. The van der Waals surface area contributed by atoms with E-state index in [9.17, 15) is 0 Å². The number of nitrogens with zero attached hydrogens (tertiary/aromatic N) is 1. The van der Waals surface area contributed by atoms with E-state index in [1.165, 1.54) is 19.6 Å². The predicted octanol–water partition coefficient (Wildman–Crippen LogP) is 2.82. The van der Waals surface area contributed by atoms with Crippen LogP contribution in [0.4, 0.5) is 0 Å². The van der Waals surface area contributed by atoms with Crippen LogP contribution in [-0.4, -0.2) is 32.4 Å². The third-order valence-corrected chi connectivity index (χ3v) is 3.07. The molecule has 0 aromatic heterocycles. The number of hydrogen-bond donors (Lipinski definition) is 0. The number of hydrogen-bond acceptors (Lipinski definition) is 1. The Hall–Kier alpha value is 0.0249. The van der Waals surface area contributed by atoms with Gasteiger partial charge in [-0.3, -0.25) is 0 Å². The van der Waals surface area contributed by atoms with Gasteiger partial charge >= 0.3 is 0 Å². The molecule has 0 aliphatic rings. The molecule has 2 heteroatoms. The summed E-state index contributed by atoms with van der Waals surface area (Å²) >= 11 is 0. The molecule has 0 N–H and O–H groups in total. The highest BCUT2D eigenvalue weighted by atomic mass is 15.1. The van der Waals surface area contributed by atoms with E-state index in [0.717, 1.165) is 5.92 Å². The van der Waals surface area contributed by atoms with Gasteiger partial charge in [0.2, 0.25) is 0 Å². The van der Waals surface area contributed by atoms with Crippen molar-refractivity contribution in [2.45, 2.75) is 53.8 Å². The summed E-state index contributed by atoms with van der Waals surface area (Å²) in [6, 6.07) is 0. The molecule has 0 aliphatic heterocycles. The third-order valence-electron chi connectivity index (χ3n) is 3.07. The van der Waals surface area contributed by atoms with Crippen molar-refractivity contribution in [2.75, 3.05) is 19.6 Å². The quantitative estimate of drug-likeness (QED) is 0.629. The minimum absolute atomic E-state index is 0.500. The van der Waals surface area contributed by atoms with Gasteiger partial charge in [-0.25, -0.2) is 0 Å². The Bertz CT molecular complexity index is 106. The lowest BCUT2D eigenvalue weighted by Gasteiger charge is -2.22. The van der Waals surface area contributed by atoms with E-state index in [2.05, 4.69) is 61.2 Å². The molecule has 0 unspecified atom stereocenters. The minimum atomic E-state index is 0.500. The summed E-state index contributed by atoms with van der Waals surface area (Å²) in [6.45, 7) is 19.1. The molecule has 0 aromatic carbocycles. The van der Waals surface area contributed by atoms with Crippen molar-refractivity contribution in [3.8, 4) is 0 Å². The Morgan fingerprint density at radius 2 is 1.21 bits per heavy atom. The zero-order chi connectivity index (χ0) is 11.8. The second-order valence-electron chi connectivity index (χ2n) is 5.14. The summed E-state index contributed by atoms with van der Waals surface area (Å²) in [5, 5.41) is 0.500. The lowest BCUT2D eigenvalue weighted by molar-refractivity contribution is 0.321. The summed E-state index contributed by atoms with van der Waals surface area (Å²) in [5.74, 6) is 0.799. The first-order chi connectivity index (χ1) is 6.29. The average molecular weight is 199 g/mol. The van der Waals surface area contributed by atoms with Crippen molar-refractivity contribution in [2.24, 2.45) is 5.92 Å². The van der Waals surface area contributed by atoms with Crippen molar-refractivity contribution in [1.82, 2.24) is 4.90 Å². The molecule has 0 atom stereocenters. The molecule has 0 amide bonds. The van der Waals surface area contributed by atoms with Crippen LogP contribution in [0, 0.1) is 5.92 Å². The zero-order valence-corrected chi connectivity index (χ0v) is 11.6. The SMILES string of the molecule is BC(C)(C)C(C)C.CCN(CC)CC.